The molecular weight excluding hydrogens is 247 g/mol. The summed E-state index contributed by atoms with van der Waals surface area (Å²) in [7, 11) is 0. The highest BCUT2D eigenvalue weighted by atomic mass is 19.1. The molecule has 3 N–H and O–H groups in total. The highest BCUT2D eigenvalue weighted by Gasteiger charge is 2.14. The molecule has 0 aliphatic heterocycles. The topological polar surface area (TPSA) is 65.1 Å². The number of aliphatic hydroxyl groups is 1. The van der Waals surface area contributed by atoms with Crippen LogP contribution in [0.25, 0.3) is 10.9 Å². The van der Waals surface area contributed by atoms with Gasteiger partial charge in [0.1, 0.15) is 5.82 Å². The Bertz CT molecular complexity index is 580. The van der Waals surface area contributed by atoms with Crippen LogP contribution in [0.4, 0.5) is 4.39 Å². The number of hydrogen-bond acceptors (Lipinski definition) is 2. The molecule has 0 aliphatic rings. The van der Waals surface area contributed by atoms with Crippen molar-refractivity contribution in [2.75, 3.05) is 6.61 Å². The van der Waals surface area contributed by atoms with E-state index >= 15 is 0 Å². The fraction of sp³-hybridized carbons (Fsp3) is 0.357. The second kappa shape index (κ2) is 5.84. The molecule has 0 radical (unpaired) electrons. The van der Waals surface area contributed by atoms with E-state index in [0.29, 0.717) is 22.9 Å². The second-order valence-corrected chi connectivity index (χ2v) is 4.63. The van der Waals surface area contributed by atoms with Crippen LogP contribution in [0.2, 0.25) is 0 Å². The molecule has 0 fully saturated rings. The summed E-state index contributed by atoms with van der Waals surface area (Å²) in [5, 5.41) is 12.3. The Morgan fingerprint density at radius 3 is 3.05 bits per heavy atom. The van der Waals surface area contributed by atoms with Crippen molar-refractivity contribution in [3.63, 3.8) is 0 Å². The van der Waals surface area contributed by atoms with E-state index in [9.17, 15) is 9.18 Å². The third-order valence-electron chi connectivity index (χ3n) is 3.06. The van der Waals surface area contributed by atoms with E-state index in [1.165, 1.54) is 12.1 Å². The van der Waals surface area contributed by atoms with Crippen LogP contribution >= 0.6 is 0 Å². The summed E-state index contributed by atoms with van der Waals surface area (Å²) < 4.78 is 13.1. The number of aromatic nitrogens is 1. The Hall–Kier alpha value is -1.88. The Labute approximate surface area is 110 Å². The molecular formula is C14H17FN2O2. The average Bonchev–Trinajstić information content (AvgIpc) is 2.79. The third kappa shape index (κ3) is 3.12. The normalized spacial score (nSPS) is 12.6. The number of halogens is 1. The largest absolute Gasteiger partial charge is 0.396 e. The van der Waals surface area contributed by atoms with Gasteiger partial charge in [0.2, 0.25) is 0 Å². The summed E-state index contributed by atoms with van der Waals surface area (Å²) in [6.45, 7) is 2.01. The summed E-state index contributed by atoms with van der Waals surface area (Å²) in [4.78, 5) is 15.0. The van der Waals surface area contributed by atoms with Crippen LogP contribution in [0.3, 0.4) is 0 Å². The molecule has 0 bridgehead atoms. The predicted molar refractivity (Wildman–Crippen MR) is 71.5 cm³/mol. The molecule has 1 heterocycles. The molecule has 0 saturated heterocycles. The summed E-state index contributed by atoms with van der Waals surface area (Å²) in [5.41, 5.74) is 1.11. The molecule has 1 atom stereocenters. The quantitative estimate of drug-likeness (QED) is 0.775. The minimum Gasteiger partial charge on any atom is -0.396 e. The van der Waals surface area contributed by atoms with Crippen molar-refractivity contribution in [2.24, 2.45) is 0 Å². The highest BCUT2D eigenvalue weighted by Crippen LogP contribution is 2.19. The van der Waals surface area contributed by atoms with Gasteiger partial charge in [0, 0.05) is 29.7 Å². The van der Waals surface area contributed by atoms with Gasteiger partial charge in [-0.3, -0.25) is 4.79 Å². The van der Waals surface area contributed by atoms with E-state index in [1.807, 2.05) is 6.92 Å². The number of aromatic amines is 1. The fourth-order valence-electron chi connectivity index (χ4n) is 2.06. The van der Waals surface area contributed by atoms with Gasteiger partial charge < -0.3 is 15.4 Å². The molecule has 5 heteroatoms. The molecule has 1 unspecified atom stereocenters. The molecule has 2 rings (SSSR count). The standard InChI is InChI=1S/C14H17FN2O2/c1-9(3-2-6-18)17-14(19)12-8-16-13-7-10(15)4-5-11(12)13/h4-5,7-9,16,18H,2-3,6H2,1H3,(H,17,19). The third-order valence-corrected chi connectivity index (χ3v) is 3.06. The second-order valence-electron chi connectivity index (χ2n) is 4.63. The zero-order chi connectivity index (χ0) is 13.8. The summed E-state index contributed by atoms with van der Waals surface area (Å²) in [6.07, 6.45) is 2.96. The van der Waals surface area contributed by atoms with Crippen molar-refractivity contribution >= 4 is 16.8 Å². The number of amides is 1. The fourth-order valence-corrected chi connectivity index (χ4v) is 2.06. The van der Waals surface area contributed by atoms with Gasteiger partial charge in [0.25, 0.3) is 5.91 Å². The van der Waals surface area contributed by atoms with E-state index in [1.54, 1.807) is 12.3 Å². The van der Waals surface area contributed by atoms with E-state index in [2.05, 4.69) is 10.3 Å². The monoisotopic (exact) mass is 264 g/mol. The van der Waals surface area contributed by atoms with Gasteiger partial charge in [0.05, 0.1) is 5.56 Å². The smallest absolute Gasteiger partial charge is 0.253 e. The molecule has 1 amide bonds. The Morgan fingerprint density at radius 2 is 2.32 bits per heavy atom. The maximum atomic E-state index is 13.1. The number of H-pyrrole nitrogens is 1. The average molecular weight is 264 g/mol. The van der Waals surface area contributed by atoms with Crippen LogP contribution in [0.5, 0.6) is 0 Å². The van der Waals surface area contributed by atoms with Gasteiger partial charge in [-0.1, -0.05) is 0 Å². The molecule has 2 aromatic rings. The number of nitrogens with one attached hydrogen (secondary N) is 2. The zero-order valence-corrected chi connectivity index (χ0v) is 10.7. The van der Waals surface area contributed by atoms with Crippen LogP contribution in [0.15, 0.2) is 24.4 Å². The number of fused-ring (bicyclic) bond motifs is 1. The first kappa shape index (κ1) is 13.5. The Kier molecular flexibility index (Phi) is 4.16. The summed E-state index contributed by atoms with van der Waals surface area (Å²) in [5.74, 6) is -0.527. The lowest BCUT2D eigenvalue weighted by Crippen LogP contribution is -2.32. The van der Waals surface area contributed by atoms with Gasteiger partial charge in [-0.25, -0.2) is 4.39 Å². The van der Waals surface area contributed by atoms with E-state index in [4.69, 9.17) is 5.11 Å². The van der Waals surface area contributed by atoms with Crippen molar-refractivity contribution in [3.8, 4) is 0 Å². The SMILES string of the molecule is CC(CCCO)NC(=O)c1c[nH]c2cc(F)ccc12. The number of carbonyl (C=O) groups excluding carboxylic acids is 1. The van der Waals surface area contributed by atoms with Crippen LogP contribution in [-0.4, -0.2) is 28.6 Å². The van der Waals surface area contributed by atoms with E-state index in [-0.39, 0.29) is 24.4 Å². The lowest BCUT2D eigenvalue weighted by molar-refractivity contribution is 0.0938. The van der Waals surface area contributed by atoms with Crippen LogP contribution in [-0.2, 0) is 0 Å². The number of benzene rings is 1. The highest BCUT2D eigenvalue weighted by molar-refractivity contribution is 6.06. The maximum absolute atomic E-state index is 13.1. The minimum absolute atomic E-state index is 0.00921. The van der Waals surface area contributed by atoms with Crippen LogP contribution in [0.1, 0.15) is 30.1 Å². The predicted octanol–water partition coefficient (Wildman–Crippen LogP) is 2.20. The number of hydrogen-bond donors (Lipinski definition) is 3. The molecule has 102 valence electrons. The number of aliphatic hydroxyl groups excluding tert-OH is 1. The molecule has 4 nitrogen and oxygen atoms in total. The van der Waals surface area contributed by atoms with Crippen molar-refractivity contribution in [3.05, 3.63) is 35.8 Å². The van der Waals surface area contributed by atoms with E-state index in [0.717, 1.165) is 6.42 Å². The molecule has 0 saturated carbocycles. The van der Waals surface area contributed by atoms with Gasteiger partial charge in [-0.2, -0.15) is 0 Å². The summed E-state index contributed by atoms with van der Waals surface area (Å²) in [6, 6.07) is 4.28. The van der Waals surface area contributed by atoms with Gasteiger partial charge >= 0.3 is 0 Å². The van der Waals surface area contributed by atoms with Crippen molar-refractivity contribution < 1.29 is 14.3 Å². The van der Waals surface area contributed by atoms with Crippen LogP contribution < -0.4 is 5.32 Å². The zero-order valence-electron chi connectivity index (χ0n) is 10.7. The minimum atomic E-state index is -0.336. The van der Waals surface area contributed by atoms with Gasteiger partial charge in [-0.15, -0.1) is 0 Å². The van der Waals surface area contributed by atoms with Gasteiger partial charge in [-0.05, 0) is 38.0 Å². The molecule has 19 heavy (non-hydrogen) atoms. The van der Waals surface area contributed by atoms with Crippen molar-refractivity contribution in [1.29, 1.82) is 0 Å². The first-order valence-electron chi connectivity index (χ1n) is 6.30. The first-order valence-corrected chi connectivity index (χ1v) is 6.30. The summed E-state index contributed by atoms with van der Waals surface area (Å²) >= 11 is 0. The lowest BCUT2D eigenvalue weighted by atomic mass is 10.1. The lowest BCUT2D eigenvalue weighted by Gasteiger charge is -2.12. The maximum Gasteiger partial charge on any atom is 0.253 e. The molecule has 0 aliphatic carbocycles. The Balaban J connectivity index is 2.13. The van der Waals surface area contributed by atoms with Gasteiger partial charge in [0.15, 0.2) is 0 Å². The molecule has 1 aromatic heterocycles. The van der Waals surface area contributed by atoms with Crippen molar-refractivity contribution in [2.45, 2.75) is 25.8 Å². The number of carbonyl (C=O) groups is 1. The van der Waals surface area contributed by atoms with E-state index < -0.39 is 0 Å². The Morgan fingerprint density at radius 1 is 1.53 bits per heavy atom. The van der Waals surface area contributed by atoms with Crippen LogP contribution in [0, 0.1) is 5.82 Å². The van der Waals surface area contributed by atoms with Crippen molar-refractivity contribution in [1.82, 2.24) is 10.3 Å². The molecule has 0 spiro atoms. The first-order chi connectivity index (χ1) is 9.11. The molecule has 1 aromatic carbocycles. The number of rotatable bonds is 5.